The highest BCUT2D eigenvalue weighted by molar-refractivity contribution is 5.84. The number of nitrogens with zero attached hydrogens (tertiary/aromatic N) is 4. The summed E-state index contributed by atoms with van der Waals surface area (Å²) in [7, 11) is 0. The normalized spacial score (nSPS) is 15.0. The molecule has 7 heteroatoms. The Kier molecular flexibility index (Phi) is 4.59. The average Bonchev–Trinajstić information content (AvgIpc) is 3.32. The Morgan fingerprint density at radius 2 is 2.04 bits per heavy atom. The second-order valence-corrected chi connectivity index (χ2v) is 6.19. The molecule has 0 radical (unpaired) electrons. The van der Waals surface area contributed by atoms with Crippen molar-refractivity contribution in [2.75, 3.05) is 0 Å². The number of carbonyl (C=O) groups is 2. The summed E-state index contributed by atoms with van der Waals surface area (Å²) >= 11 is 0. The van der Waals surface area contributed by atoms with Crippen LogP contribution in [0.5, 0.6) is 0 Å². The smallest absolute Gasteiger partial charge is 0.358 e. The van der Waals surface area contributed by atoms with Crippen molar-refractivity contribution in [2.24, 2.45) is 5.92 Å². The van der Waals surface area contributed by atoms with Crippen LogP contribution in [-0.2, 0) is 17.9 Å². The number of carboxylic acids is 1. The molecule has 0 spiro atoms. The molecule has 0 saturated heterocycles. The molecule has 1 unspecified atom stereocenters. The molecule has 1 amide bonds. The number of benzene rings is 1. The molecule has 2 aromatic rings. The van der Waals surface area contributed by atoms with Crippen LogP contribution >= 0.6 is 0 Å². The standard InChI is InChI=1S/C17H20N4O3/c1-12(14-7-8-14)21(9-13-5-3-2-4-6-13)16(22)11-20-10-15(17(23)24)18-19-20/h2-6,10,12,14H,7-9,11H2,1H3,(H,23,24). The Morgan fingerprint density at radius 1 is 1.33 bits per heavy atom. The first-order chi connectivity index (χ1) is 11.5. The highest BCUT2D eigenvalue weighted by atomic mass is 16.4. The first-order valence-corrected chi connectivity index (χ1v) is 8.01. The molecule has 1 aromatic heterocycles. The van der Waals surface area contributed by atoms with Gasteiger partial charge in [0, 0.05) is 12.6 Å². The Bertz CT molecular complexity index is 724. The van der Waals surface area contributed by atoms with Crippen LogP contribution in [0.25, 0.3) is 0 Å². The van der Waals surface area contributed by atoms with Gasteiger partial charge in [-0.15, -0.1) is 5.10 Å². The second-order valence-electron chi connectivity index (χ2n) is 6.19. The van der Waals surface area contributed by atoms with Gasteiger partial charge in [-0.05, 0) is 31.2 Å². The third-order valence-electron chi connectivity index (χ3n) is 4.37. The van der Waals surface area contributed by atoms with Crippen LogP contribution in [0.4, 0.5) is 0 Å². The molecule has 1 aromatic carbocycles. The molecule has 0 aliphatic heterocycles. The zero-order valence-corrected chi connectivity index (χ0v) is 13.5. The number of carbonyl (C=O) groups excluding carboxylic acids is 1. The Labute approximate surface area is 139 Å². The van der Waals surface area contributed by atoms with E-state index >= 15 is 0 Å². The molecule has 7 nitrogen and oxygen atoms in total. The van der Waals surface area contributed by atoms with Gasteiger partial charge in [0.1, 0.15) is 6.54 Å². The minimum absolute atomic E-state index is 0.00975. The van der Waals surface area contributed by atoms with Crippen molar-refractivity contribution >= 4 is 11.9 Å². The van der Waals surface area contributed by atoms with Crippen LogP contribution in [0.15, 0.2) is 36.5 Å². The predicted molar refractivity (Wildman–Crippen MR) is 86.2 cm³/mol. The molecule has 1 saturated carbocycles. The fourth-order valence-electron chi connectivity index (χ4n) is 2.78. The van der Waals surface area contributed by atoms with Gasteiger partial charge in [-0.2, -0.15) is 0 Å². The Morgan fingerprint density at radius 3 is 2.62 bits per heavy atom. The lowest BCUT2D eigenvalue weighted by Crippen LogP contribution is -2.41. The monoisotopic (exact) mass is 328 g/mol. The Balaban J connectivity index is 1.73. The van der Waals surface area contributed by atoms with Gasteiger partial charge in [0.15, 0.2) is 5.69 Å². The number of rotatable bonds is 7. The van der Waals surface area contributed by atoms with E-state index in [1.807, 2.05) is 35.2 Å². The van der Waals surface area contributed by atoms with Crippen molar-refractivity contribution in [1.29, 1.82) is 0 Å². The lowest BCUT2D eigenvalue weighted by molar-refractivity contribution is -0.135. The van der Waals surface area contributed by atoms with Crippen LogP contribution in [0, 0.1) is 5.92 Å². The molecule has 24 heavy (non-hydrogen) atoms. The summed E-state index contributed by atoms with van der Waals surface area (Å²) < 4.78 is 1.28. The number of hydrogen-bond acceptors (Lipinski definition) is 4. The van der Waals surface area contributed by atoms with Crippen LogP contribution in [0.3, 0.4) is 0 Å². The van der Waals surface area contributed by atoms with Crippen LogP contribution in [0.2, 0.25) is 0 Å². The third-order valence-corrected chi connectivity index (χ3v) is 4.37. The zero-order valence-electron chi connectivity index (χ0n) is 13.5. The summed E-state index contributed by atoms with van der Waals surface area (Å²) in [6.45, 7) is 2.60. The molecule has 1 fully saturated rings. The highest BCUT2D eigenvalue weighted by Gasteiger charge is 2.34. The zero-order chi connectivity index (χ0) is 17.1. The van der Waals surface area contributed by atoms with E-state index in [1.165, 1.54) is 10.9 Å². The van der Waals surface area contributed by atoms with E-state index < -0.39 is 5.97 Å². The van der Waals surface area contributed by atoms with Crippen molar-refractivity contribution in [2.45, 2.75) is 38.9 Å². The van der Waals surface area contributed by atoms with Gasteiger partial charge in [0.05, 0.1) is 6.20 Å². The summed E-state index contributed by atoms with van der Waals surface area (Å²) in [5.41, 5.74) is 0.913. The van der Waals surface area contributed by atoms with E-state index in [9.17, 15) is 9.59 Å². The highest BCUT2D eigenvalue weighted by Crippen LogP contribution is 2.35. The van der Waals surface area contributed by atoms with Gasteiger partial charge >= 0.3 is 5.97 Å². The van der Waals surface area contributed by atoms with E-state index in [1.54, 1.807) is 0 Å². The average molecular weight is 328 g/mol. The van der Waals surface area contributed by atoms with Gasteiger partial charge in [0.2, 0.25) is 5.91 Å². The third kappa shape index (κ3) is 3.79. The van der Waals surface area contributed by atoms with Crippen LogP contribution in [0.1, 0.15) is 35.8 Å². The SMILES string of the molecule is CC(C1CC1)N(Cc1ccccc1)C(=O)Cn1cc(C(=O)O)nn1. The summed E-state index contributed by atoms with van der Waals surface area (Å²) in [6, 6.07) is 10.0. The van der Waals surface area contributed by atoms with Gasteiger partial charge in [-0.25, -0.2) is 9.48 Å². The van der Waals surface area contributed by atoms with E-state index in [4.69, 9.17) is 5.11 Å². The number of carboxylic acid groups (broad SMARTS) is 1. The van der Waals surface area contributed by atoms with Gasteiger partial charge < -0.3 is 10.0 Å². The van der Waals surface area contributed by atoms with Crippen molar-refractivity contribution in [3.8, 4) is 0 Å². The minimum atomic E-state index is -1.15. The number of amides is 1. The van der Waals surface area contributed by atoms with E-state index in [0.717, 1.165) is 18.4 Å². The van der Waals surface area contributed by atoms with Gasteiger partial charge in [-0.3, -0.25) is 4.79 Å². The largest absolute Gasteiger partial charge is 0.476 e. The quantitative estimate of drug-likeness (QED) is 0.837. The fraction of sp³-hybridized carbons (Fsp3) is 0.412. The second kappa shape index (κ2) is 6.82. The summed E-state index contributed by atoms with van der Waals surface area (Å²) in [4.78, 5) is 25.5. The summed E-state index contributed by atoms with van der Waals surface area (Å²) in [6.07, 6.45) is 3.57. The number of aromatic carboxylic acids is 1. The number of hydrogen-bond donors (Lipinski definition) is 1. The maximum Gasteiger partial charge on any atom is 0.358 e. The van der Waals surface area contributed by atoms with Crippen LogP contribution in [-0.4, -0.2) is 42.9 Å². The van der Waals surface area contributed by atoms with Gasteiger partial charge in [-0.1, -0.05) is 35.5 Å². The van der Waals surface area contributed by atoms with Crippen molar-refractivity contribution in [3.63, 3.8) is 0 Å². The maximum atomic E-state index is 12.8. The first-order valence-electron chi connectivity index (χ1n) is 8.01. The molecule has 0 bridgehead atoms. The maximum absolute atomic E-state index is 12.8. The van der Waals surface area contributed by atoms with Crippen molar-refractivity contribution < 1.29 is 14.7 Å². The summed E-state index contributed by atoms with van der Waals surface area (Å²) in [5.74, 6) is -0.690. The first kappa shape index (κ1) is 16.2. The topological polar surface area (TPSA) is 88.3 Å². The van der Waals surface area contributed by atoms with Crippen LogP contribution < -0.4 is 0 Å². The molecule has 126 valence electrons. The summed E-state index contributed by atoms with van der Waals surface area (Å²) in [5, 5.41) is 16.2. The minimum Gasteiger partial charge on any atom is -0.476 e. The molecular formula is C17H20N4O3. The molecule has 3 rings (SSSR count). The molecule has 1 heterocycles. The Hall–Kier alpha value is -2.70. The fourth-order valence-corrected chi connectivity index (χ4v) is 2.78. The van der Waals surface area contributed by atoms with Gasteiger partial charge in [0.25, 0.3) is 0 Å². The number of aromatic nitrogens is 3. The molecule has 1 aliphatic rings. The molecule has 1 atom stereocenters. The lowest BCUT2D eigenvalue weighted by Gasteiger charge is -2.29. The molecule has 1 aliphatic carbocycles. The van der Waals surface area contributed by atoms with Crippen molar-refractivity contribution in [1.82, 2.24) is 19.9 Å². The molecule has 1 N–H and O–H groups in total. The lowest BCUT2D eigenvalue weighted by atomic mass is 10.1. The predicted octanol–water partition coefficient (Wildman–Crippen LogP) is 1.80. The van der Waals surface area contributed by atoms with E-state index in [2.05, 4.69) is 17.2 Å². The van der Waals surface area contributed by atoms with Crippen molar-refractivity contribution in [3.05, 3.63) is 47.8 Å². The molecular weight excluding hydrogens is 308 g/mol. The van der Waals surface area contributed by atoms with E-state index in [-0.39, 0.29) is 24.2 Å². The van der Waals surface area contributed by atoms with E-state index in [0.29, 0.717) is 12.5 Å².